The van der Waals surface area contributed by atoms with Crippen molar-refractivity contribution in [2.45, 2.75) is 19.8 Å². The van der Waals surface area contributed by atoms with E-state index in [9.17, 15) is 9.59 Å². The molecule has 0 aromatic heterocycles. The summed E-state index contributed by atoms with van der Waals surface area (Å²) in [4.78, 5) is 20.6. The standard InChI is InChI=1S/C8H12O4.C2H4/c1-2-3-6-12-8(11)5-4-7(9)10;1-2/h4-5H,2-3,6H2,1H3,(H,9,10);1-2H2/b5-4-;. The Morgan fingerprint density at radius 3 is 2.36 bits per heavy atom. The minimum absolute atomic E-state index is 0.347. The van der Waals surface area contributed by atoms with Gasteiger partial charge in [-0.15, -0.1) is 13.2 Å². The Morgan fingerprint density at radius 2 is 1.93 bits per heavy atom. The molecule has 4 nitrogen and oxygen atoms in total. The summed E-state index contributed by atoms with van der Waals surface area (Å²) in [5.41, 5.74) is 0. The maximum absolute atomic E-state index is 10.6. The summed E-state index contributed by atoms with van der Waals surface area (Å²) >= 11 is 0. The van der Waals surface area contributed by atoms with E-state index in [1.807, 2.05) is 6.92 Å². The monoisotopic (exact) mass is 200 g/mol. The molecule has 0 atom stereocenters. The van der Waals surface area contributed by atoms with Crippen LogP contribution in [0.25, 0.3) is 0 Å². The molecule has 0 aliphatic heterocycles. The molecule has 4 heteroatoms. The fraction of sp³-hybridized carbons (Fsp3) is 0.400. The minimum Gasteiger partial charge on any atom is -0.478 e. The topological polar surface area (TPSA) is 63.6 Å². The van der Waals surface area contributed by atoms with Crippen LogP contribution in [0.1, 0.15) is 19.8 Å². The molecule has 0 aromatic rings. The third kappa shape index (κ3) is 13.0. The van der Waals surface area contributed by atoms with Crippen molar-refractivity contribution in [1.29, 1.82) is 0 Å². The first-order valence-corrected chi connectivity index (χ1v) is 4.24. The number of carbonyl (C=O) groups excluding carboxylic acids is 1. The number of esters is 1. The van der Waals surface area contributed by atoms with Crippen LogP contribution < -0.4 is 0 Å². The zero-order chi connectivity index (χ0) is 11.4. The third-order valence-corrected chi connectivity index (χ3v) is 1.10. The van der Waals surface area contributed by atoms with Gasteiger partial charge in [-0.2, -0.15) is 0 Å². The number of rotatable bonds is 5. The summed E-state index contributed by atoms with van der Waals surface area (Å²) in [6.07, 6.45) is 3.40. The quantitative estimate of drug-likeness (QED) is 0.318. The molecule has 0 aliphatic rings. The van der Waals surface area contributed by atoms with Crippen LogP contribution in [-0.4, -0.2) is 23.7 Å². The van der Waals surface area contributed by atoms with Crippen LogP contribution >= 0.6 is 0 Å². The van der Waals surface area contributed by atoms with Crippen molar-refractivity contribution >= 4 is 11.9 Å². The first-order chi connectivity index (χ1) is 6.66. The molecule has 0 aromatic carbocycles. The molecule has 0 spiro atoms. The smallest absolute Gasteiger partial charge is 0.331 e. The Kier molecular flexibility index (Phi) is 12.2. The van der Waals surface area contributed by atoms with Gasteiger partial charge in [-0.3, -0.25) is 0 Å². The van der Waals surface area contributed by atoms with Gasteiger partial charge in [-0.05, 0) is 6.42 Å². The van der Waals surface area contributed by atoms with Gasteiger partial charge in [0.1, 0.15) is 0 Å². The molecule has 1 N–H and O–H groups in total. The van der Waals surface area contributed by atoms with Crippen molar-refractivity contribution in [3.05, 3.63) is 25.3 Å². The van der Waals surface area contributed by atoms with Crippen LogP contribution in [0.4, 0.5) is 0 Å². The summed E-state index contributed by atoms with van der Waals surface area (Å²) in [5, 5.41) is 8.14. The summed E-state index contributed by atoms with van der Waals surface area (Å²) in [7, 11) is 0. The summed E-state index contributed by atoms with van der Waals surface area (Å²) in [6, 6.07) is 0. The third-order valence-electron chi connectivity index (χ3n) is 1.10. The lowest BCUT2D eigenvalue weighted by Crippen LogP contribution is -2.02. The van der Waals surface area contributed by atoms with Crippen LogP contribution in [0.5, 0.6) is 0 Å². The normalized spacial score (nSPS) is 8.93. The lowest BCUT2D eigenvalue weighted by molar-refractivity contribution is -0.138. The van der Waals surface area contributed by atoms with E-state index in [0.29, 0.717) is 6.61 Å². The molecule has 0 rings (SSSR count). The van der Waals surface area contributed by atoms with Crippen LogP contribution in [0, 0.1) is 0 Å². The van der Waals surface area contributed by atoms with E-state index in [-0.39, 0.29) is 0 Å². The molecule has 0 saturated heterocycles. The second-order valence-corrected chi connectivity index (χ2v) is 2.19. The predicted octanol–water partition coefficient (Wildman–Crippen LogP) is 1.77. The van der Waals surface area contributed by atoms with E-state index in [1.165, 1.54) is 0 Å². The van der Waals surface area contributed by atoms with Gasteiger partial charge >= 0.3 is 11.9 Å². The van der Waals surface area contributed by atoms with E-state index in [2.05, 4.69) is 17.9 Å². The highest BCUT2D eigenvalue weighted by Gasteiger charge is 1.96. The van der Waals surface area contributed by atoms with Crippen molar-refractivity contribution in [2.24, 2.45) is 0 Å². The first kappa shape index (κ1) is 14.9. The Bertz CT molecular complexity index is 196. The molecule has 80 valence electrons. The summed E-state index contributed by atoms with van der Waals surface area (Å²) < 4.78 is 4.64. The lowest BCUT2D eigenvalue weighted by Gasteiger charge is -1.97. The zero-order valence-electron chi connectivity index (χ0n) is 8.36. The van der Waals surface area contributed by atoms with Crippen LogP contribution in [0.3, 0.4) is 0 Å². The fourth-order valence-electron chi connectivity index (χ4n) is 0.505. The highest BCUT2D eigenvalue weighted by atomic mass is 16.5. The van der Waals surface area contributed by atoms with Crippen molar-refractivity contribution in [1.82, 2.24) is 0 Å². The number of unbranched alkanes of at least 4 members (excludes halogenated alkanes) is 1. The molecule has 14 heavy (non-hydrogen) atoms. The lowest BCUT2D eigenvalue weighted by atomic mass is 10.4. The molecule has 0 fully saturated rings. The van der Waals surface area contributed by atoms with Crippen LogP contribution in [0.2, 0.25) is 0 Å². The van der Waals surface area contributed by atoms with E-state index in [1.54, 1.807) is 0 Å². The van der Waals surface area contributed by atoms with Gasteiger partial charge in [0, 0.05) is 12.2 Å². The van der Waals surface area contributed by atoms with Crippen LogP contribution in [0.15, 0.2) is 25.3 Å². The van der Waals surface area contributed by atoms with Gasteiger partial charge in [0.15, 0.2) is 0 Å². The van der Waals surface area contributed by atoms with Crippen molar-refractivity contribution in [3.8, 4) is 0 Å². The number of ether oxygens (including phenoxy) is 1. The van der Waals surface area contributed by atoms with E-state index < -0.39 is 11.9 Å². The van der Waals surface area contributed by atoms with Gasteiger partial charge in [0.25, 0.3) is 0 Å². The van der Waals surface area contributed by atoms with Gasteiger partial charge in [-0.25, -0.2) is 9.59 Å². The molecule has 0 heterocycles. The second-order valence-electron chi connectivity index (χ2n) is 2.19. The zero-order valence-corrected chi connectivity index (χ0v) is 8.36. The number of carbonyl (C=O) groups is 2. The number of aliphatic carboxylic acids is 1. The molecule has 0 amide bonds. The number of carboxylic acids is 1. The first-order valence-electron chi connectivity index (χ1n) is 4.24. The largest absolute Gasteiger partial charge is 0.478 e. The number of carboxylic acid groups (broad SMARTS) is 1. The second kappa shape index (κ2) is 11.4. The van der Waals surface area contributed by atoms with Gasteiger partial charge in [0.05, 0.1) is 6.61 Å². The van der Waals surface area contributed by atoms with E-state index in [0.717, 1.165) is 25.0 Å². The summed E-state index contributed by atoms with van der Waals surface area (Å²) in [6.45, 7) is 8.32. The highest BCUT2D eigenvalue weighted by molar-refractivity contribution is 5.90. The maximum Gasteiger partial charge on any atom is 0.331 e. The Morgan fingerprint density at radius 1 is 1.36 bits per heavy atom. The highest BCUT2D eigenvalue weighted by Crippen LogP contribution is 1.89. The Hall–Kier alpha value is -1.58. The van der Waals surface area contributed by atoms with Gasteiger partial charge in [0.2, 0.25) is 0 Å². The van der Waals surface area contributed by atoms with Crippen LogP contribution in [-0.2, 0) is 14.3 Å². The van der Waals surface area contributed by atoms with Gasteiger partial charge in [-0.1, -0.05) is 13.3 Å². The van der Waals surface area contributed by atoms with Crippen molar-refractivity contribution < 1.29 is 19.4 Å². The average Bonchev–Trinajstić information content (AvgIpc) is 2.18. The van der Waals surface area contributed by atoms with E-state index >= 15 is 0 Å². The van der Waals surface area contributed by atoms with Crippen molar-refractivity contribution in [3.63, 3.8) is 0 Å². The maximum atomic E-state index is 10.6. The van der Waals surface area contributed by atoms with Crippen molar-refractivity contribution in [2.75, 3.05) is 6.61 Å². The van der Waals surface area contributed by atoms with E-state index in [4.69, 9.17) is 5.11 Å². The summed E-state index contributed by atoms with van der Waals surface area (Å²) in [5.74, 6) is -1.76. The van der Waals surface area contributed by atoms with Gasteiger partial charge < -0.3 is 9.84 Å². The fourth-order valence-corrected chi connectivity index (χ4v) is 0.505. The predicted molar refractivity (Wildman–Crippen MR) is 53.9 cm³/mol. The number of hydrogen-bond donors (Lipinski definition) is 1. The molecule has 0 aliphatic carbocycles. The molecule has 0 bridgehead atoms. The molecule has 0 radical (unpaired) electrons. The molecular weight excluding hydrogens is 184 g/mol. The molecule has 0 saturated carbocycles. The molecular formula is C10H16O4. The Balaban J connectivity index is 0. The SMILES string of the molecule is C=C.CCCCOC(=O)/C=C\C(=O)O. The number of hydrogen-bond acceptors (Lipinski definition) is 3. The Labute approximate surface area is 83.9 Å². The minimum atomic E-state index is -1.15. The average molecular weight is 200 g/mol. The molecule has 0 unspecified atom stereocenters.